The van der Waals surface area contributed by atoms with E-state index in [4.69, 9.17) is 0 Å². The quantitative estimate of drug-likeness (QED) is 0.898. The van der Waals surface area contributed by atoms with E-state index in [1.54, 1.807) is 12.1 Å². The highest BCUT2D eigenvalue weighted by Gasteiger charge is 2.36. The van der Waals surface area contributed by atoms with E-state index in [1.807, 2.05) is 6.92 Å². The number of piperidine rings is 1. The summed E-state index contributed by atoms with van der Waals surface area (Å²) in [4.78, 5) is 23.3. The van der Waals surface area contributed by atoms with Crippen molar-refractivity contribution >= 4 is 21.8 Å². The zero-order valence-electron chi connectivity index (χ0n) is 13.6. The van der Waals surface area contributed by atoms with E-state index in [-0.39, 0.29) is 23.1 Å². The van der Waals surface area contributed by atoms with E-state index in [2.05, 4.69) is 0 Å². The molecule has 1 N–H and O–H groups in total. The molecule has 1 fully saturated rings. The normalized spacial score (nSPS) is 25.3. The maximum Gasteiger partial charge on any atom is 0.307 e. The van der Waals surface area contributed by atoms with Crippen molar-refractivity contribution in [3.63, 3.8) is 0 Å². The number of carboxylic acids is 1. The van der Waals surface area contributed by atoms with Crippen LogP contribution < -0.4 is 0 Å². The minimum Gasteiger partial charge on any atom is -0.481 e. The number of sulfonamides is 1. The first kappa shape index (κ1) is 17.1. The number of carboxylic acid groups (broad SMARTS) is 1. The van der Waals surface area contributed by atoms with Gasteiger partial charge in [0.2, 0.25) is 10.0 Å². The molecular weight excluding hydrogens is 330 g/mol. The van der Waals surface area contributed by atoms with Gasteiger partial charge in [-0.25, -0.2) is 8.42 Å². The van der Waals surface area contributed by atoms with Crippen molar-refractivity contribution in [1.82, 2.24) is 4.31 Å². The third-order valence-corrected chi connectivity index (χ3v) is 6.67. The number of Topliss-reactive ketones (excluding diaryl/α,β-unsaturated/α-hetero) is 1. The molecule has 2 atom stereocenters. The van der Waals surface area contributed by atoms with Crippen molar-refractivity contribution in [2.75, 3.05) is 13.1 Å². The molecule has 0 radical (unpaired) electrons. The first-order valence-corrected chi connectivity index (χ1v) is 9.62. The molecule has 2 unspecified atom stereocenters. The van der Waals surface area contributed by atoms with Crippen molar-refractivity contribution in [2.45, 2.75) is 37.5 Å². The molecule has 1 heterocycles. The van der Waals surface area contributed by atoms with Crippen molar-refractivity contribution in [3.05, 3.63) is 29.3 Å². The molecule has 0 bridgehead atoms. The maximum atomic E-state index is 12.9. The van der Waals surface area contributed by atoms with Gasteiger partial charge in [0.25, 0.3) is 0 Å². The number of aryl methyl sites for hydroxylation is 1. The van der Waals surface area contributed by atoms with E-state index < -0.39 is 21.9 Å². The fourth-order valence-electron chi connectivity index (χ4n) is 3.61. The van der Waals surface area contributed by atoms with Gasteiger partial charge in [-0.05, 0) is 48.9 Å². The molecule has 2 aliphatic rings. The van der Waals surface area contributed by atoms with Gasteiger partial charge in [0.05, 0.1) is 10.8 Å². The van der Waals surface area contributed by atoms with Gasteiger partial charge >= 0.3 is 5.97 Å². The molecule has 6 nitrogen and oxygen atoms in total. The van der Waals surface area contributed by atoms with Crippen molar-refractivity contribution in [3.8, 4) is 0 Å². The topological polar surface area (TPSA) is 91.8 Å². The van der Waals surface area contributed by atoms with E-state index >= 15 is 0 Å². The largest absolute Gasteiger partial charge is 0.481 e. The van der Waals surface area contributed by atoms with Gasteiger partial charge in [0.1, 0.15) is 0 Å². The summed E-state index contributed by atoms with van der Waals surface area (Å²) in [6.07, 6.45) is 2.42. The Labute approximate surface area is 141 Å². The fourth-order valence-corrected chi connectivity index (χ4v) is 5.27. The number of hydrogen-bond donors (Lipinski definition) is 1. The highest BCUT2D eigenvalue weighted by Crippen LogP contribution is 2.29. The standard InChI is InChI=1S/C17H21NO5S/c1-11-7-13(17(20)21)10-18(9-11)24(22,23)14-5-6-15-12(8-14)3-2-4-16(15)19/h5-6,8,11,13H,2-4,7,9-10H2,1H3,(H,20,21). The van der Waals surface area contributed by atoms with E-state index in [0.717, 1.165) is 12.0 Å². The second-order valence-electron chi connectivity index (χ2n) is 6.79. The number of aliphatic carboxylic acids is 1. The third kappa shape index (κ3) is 3.10. The molecule has 0 amide bonds. The van der Waals surface area contributed by atoms with Gasteiger partial charge < -0.3 is 5.11 Å². The number of fused-ring (bicyclic) bond motifs is 1. The second kappa shape index (κ2) is 6.29. The van der Waals surface area contributed by atoms with Gasteiger partial charge in [-0.1, -0.05) is 6.92 Å². The highest BCUT2D eigenvalue weighted by molar-refractivity contribution is 7.89. The number of benzene rings is 1. The van der Waals surface area contributed by atoms with Crippen LogP contribution in [0, 0.1) is 11.8 Å². The Morgan fingerprint density at radius 1 is 1.25 bits per heavy atom. The predicted octanol–water partition coefficient (Wildman–Crippen LogP) is 1.94. The molecule has 1 aromatic rings. The fraction of sp³-hybridized carbons (Fsp3) is 0.529. The maximum absolute atomic E-state index is 12.9. The lowest BCUT2D eigenvalue weighted by Gasteiger charge is -2.34. The van der Waals surface area contributed by atoms with Crippen LogP contribution in [0.2, 0.25) is 0 Å². The van der Waals surface area contributed by atoms with E-state index in [9.17, 15) is 23.1 Å². The van der Waals surface area contributed by atoms with Crippen LogP contribution in [0.4, 0.5) is 0 Å². The Bertz CT molecular complexity index is 786. The average molecular weight is 351 g/mol. The molecule has 3 rings (SSSR count). The van der Waals surface area contributed by atoms with Gasteiger partial charge in [-0.3, -0.25) is 9.59 Å². The number of carbonyl (C=O) groups excluding carboxylic acids is 1. The SMILES string of the molecule is CC1CC(C(=O)O)CN(S(=O)(=O)c2ccc3c(c2)CCCC3=O)C1. The molecule has 1 saturated heterocycles. The molecule has 24 heavy (non-hydrogen) atoms. The molecule has 130 valence electrons. The zero-order valence-corrected chi connectivity index (χ0v) is 14.4. The van der Waals surface area contributed by atoms with Crippen LogP contribution in [0.15, 0.2) is 23.1 Å². The Kier molecular flexibility index (Phi) is 4.48. The lowest BCUT2D eigenvalue weighted by molar-refractivity contribution is -0.143. The summed E-state index contributed by atoms with van der Waals surface area (Å²) in [6, 6.07) is 4.63. The lowest BCUT2D eigenvalue weighted by Crippen LogP contribution is -2.45. The molecule has 0 aromatic heterocycles. The van der Waals surface area contributed by atoms with Crippen molar-refractivity contribution < 1.29 is 23.1 Å². The smallest absolute Gasteiger partial charge is 0.307 e. The Morgan fingerprint density at radius 3 is 2.71 bits per heavy atom. The summed E-state index contributed by atoms with van der Waals surface area (Å²) in [5.74, 6) is -1.59. The molecule has 0 saturated carbocycles. The molecule has 1 aromatic carbocycles. The number of ketones is 1. The average Bonchev–Trinajstić information content (AvgIpc) is 2.54. The summed E-state index contributed by atoms with van der Waals surface area (Å²) in [5, 5.41) is 9.24. The van der Waals surface area contributed by atoms with Crippen LogP contribution >= 0.6 is 0 Å². The van der Waals surface area contributed by atoms with Gasteiger partial charge in [0, 0.05) is 25.1 Å². The first-order chi connectivity index (χ1) is 11.3. The Morgan fingerprint density at radius 2 is 2.00 bits per heavy atom. The number of nitrogens with zero attached hydrogens (tertiary/aromatic N) is 1. The molecule has 7 heteroatoms. The van der Waals surface area contributed by atoms with Crippen LogP contribution in [0.1, 0.15) is 42.1 Å². The third-order valence-electron chi connectivity index (χ3n) is 4.84. The summed E-state index contributed by atoms with van der Waals surface area (Å²) < 4.78 is 27.1. The predicted molar refractivity (Wildman–Crippen MR) is 87.4 cm³/mol. The molecule has 1 aliphatic heterocycles. The highest BCUT2D eigenvalue weighted by atomic mass is 32.2. The number of carbonyl (C=O) groups is 2. The number of rotatable bonds is 3. The van der Waals surface area contributed by atoms with Crippen LogP contribution in [0.3, 0.4) is 0 Å². The minimum atomic E-state index is -3.75. The zero-order chi connectivity index (χ0) is 17.5. The van der Waals surface area contributed by atoms with Crippen molar-refractivity contribution in [1.29, 1.82) is 0 Å². The van der Waals surface area contributed by atoms with Crippen LogP contribution in [-0.4, -0.2) is 42.7 Å². The second-order valence-corrected chi connectivity index (χ2v) is 8.73. The number of hydrogen-bond acceptors (Lipinski definition) is 4. The Hall–Kier alpha value is -1.73. The Balaban J connectivity index is 1.93. The van der Waals surface area contributed by atoms with Gasteiger partial charge in [-0.15, -0.1) is 0 Å². The monoisotopic (exact) mass is 351 g/mol. The van der Waals surface area contributed by atoms with Crippen LogP contribution in [0.25, 0.3) is 0 Å². The van der Waals surface area contributed by atoms with Crippen LogP contribution in [-0.2, 0) is 21.2 Å². The van der Waals surface area contributed by atoms with E-state index in [1.165, 1.54) is 10.4 Å². The molecule has 0 spiro atoms. The van der Waals surface area contributed by atoms with E-state index in [0.29, 0.717) is 31.4 Å². The molecular formula is C17H21NO5S. The molecule has 1 aliphatic carbocycles. The summed E-state index contributed by atoms with van der Waals surface area (Å²) in [5.41, 5.74) is 1.38. The lowest BCUT2D eigenvalue weighted by atomic mass is 9.91. The van der Waals surface area contributed by atoms with Crippen LogP contribution in [0.5, 0.6) is 0 Å². The summed E-state index contributed by atoms with van der Waals surface area (Å²) in [7, 11) is -3.75. The van der Waals surface area contributed by atoms with Crippen molar-refractivity contribution in [2.24, 2.45) is 11.8 Å². The minimum absolute atomic E-state index is 0.00196. The summed E-state index contributed by atoms with van der Waals surface area (Å²) in [6.45, 7) is 2.18. The first-order valence-electron chi connectivity index (χ1n) is 8.18. The van der Waals surface area contributed by atoms with Gasteiger partial charge in [0.15, 0.2) is 5.78 Å². The summed E-state index contributed by atoms with van der Waals surface area (Å²) >= 11 is 0. The van der Waals surface area contributed by atoms with Gasteiger partial charge in [-0.2, -0.15) is 4.31 Å².